The van der Waals surface area contributed by atoms with Crippen LogP contribution in [-0.2, 0) is 0 Å². The summed E-state index contributed by atoms with van der Waals surface area (Å²) in [5.41, 5.74) is 0.467. The van der Waals surface area contributed by atoms with Gasteiger partial charge in [-0.2, -0.15) is 0 Å². The van der Waals surface area contributed by atoms with E-state index in [4.69, 9.17) is 0 Å². The Kier molecular flexibility index (Phi) is 5.92. The predicted molar refractivity (Wildman–Crippen MR) is 88.1 cm³/mol. The lowest BCUT2D eigenvalue weighted by atomic mass is 9.67. The van der Waals surface area contributed by atoms with Gasteiger partial charge in [0.05, 0.1) is 0 Å². The van der Waals surface area contributed by atoms with Crippen LogP contribution in [0, 0.1) is 11.3 Å². The molecule has 1 N–H and O–H groups in total. The van der Waals surface area contributed by atoms with Gasteiger partial charge in [-0.15, -0.1) is 0 Å². The summed E-state index contributed by atoms with van der Waals surface area (Å²) in [6.45, 7) is 9.71. The van der Waals surface area contributed by atoms with Gasteiger partial charge in [-0.05, 0) is 57.0 Å². The number of hydrogen-bond donors (Lipinski definition) is 1. The van der Waals surface area contributed by atoms with Crippen molar-refractivity contribution in [3.05, 3.63) is 0 Å². The molecule has 0 aromatic rings. The summed E-state index contributed by atoms with van der Waals surface area (Å²) < 4.78 is 0. The Bertz CT molecular complexity index is 281. The van der Waals surface area contributed by atoms with Gasteiger partial charge in [-0.25, -0.2) is 0 Å². The van der Waals surface area contributed by atoms with Crippen molar-refractivity contribution in [2.45, 2.75) is 84.2 Å². The van der Waals surface area contributed by atoms with E-state index in [1.807, 2.05) is 0 Å². The molecule has 0 saturated heterocycles. The van der Waals surface area contributed by atoms with Crippen LogP contribution in [0.2, 0.25) is 0 Å². The summed E-state index contributed by atoms with van der Waals surface area (Å²) >= 11 is 0. The SMILES string of the molecule is CCCNC1C(CN(C)C2CCCC2)CCCC1(C)C. The third-order valence-corrected chi connectivity index (χ3v) is 5.79. The summed E-state index contributed by atoms with van der Waals surface area (Å²) in [6.07, 6.45) is 11.2. The van der Waals surface area contributed by atoms with Crippen LogP contribution in [0.15, 0.2) is 0 Å². The van der Waals surface area contributed by atoms with Crippen LogP contribution >= 0.6 is 0 Å². The van der Waals surface area contributed by atoms with Crippen molar-refractivity contribution in [1.29, 1.82) is 0 Å². The Balaban J connectivity index is 1.95. The van der Waals surface area contributed by atoms with Gasteiger partial charge < -0.3 is 10.2 Å². The molecule has 2 fully saturated rings. The van der Waals surface area contributed by atoms with Crippen LogP contribution in [0.1, 0.15) is 72.1 Å². The number of nitrogens with zero attached hydrogens (tertiary/aromatic N) is 1. The molecule has 20 heavy (non-hydrogen) atoms. The zero-order valence-corrected chi connectivity index (χ0v) is 14.3. The highest BCUT2D eigenvalue weighted by Gasteiger charge is 2.39. The second kappa shape index (κ2) is 7.26. The van der Waals surface area contributed by atoms with E-state index < -0.39 is 0 Å². The Labute approximate surface area is 126 Å². The van der Waals surface area contributed by atoms with Crippen molar-refractivity contribution < 1.29 is 0 Å². The Morgan fingerprint density at radius 3 is 2.45 bits per heavy atom. The average molecular weight is 280 g/mol. The van der Waals surface area contributed by atoms with Gasteiger partial charge in [-0.1, -0.05) is 40.0 Å². The molecule has 0 spiro atoms. The van der Waals surface area contributed by atoms with E-state index in [1.54, 1.807) is 0 Å². The number of rotatable bonds is 6. The van der Waals surface area contributed by atoms with Crippen molar-refractivity contribution in [3.63, 3.8) is 0 Å². The molecule has 0 amide bonds. The van der Waals surface area contributed by atoms with Crippen molar-refractivity contribution in [2.24, 2.45) is 11.3 Å². The second-order valence-electron chi connectivity index (χ2n) is 7.95. The van der Waals surface area contributed by atoms with Gasteiger partial charge in [-0.3, -0.25) is 0 Å². The maximum atomic E-state index is 3.88. The van der Waals surface area contributed by atoms with E-state index in [0.29, 0.717) is 11.5 Å². The molecule has 0 bridgehead atoms. The zero-order valence-electron chi connectivity index (χ0n) is 14.3. The first-order valence-electron chi connectivity index (χ1n) is 8.98. The molecule has 0 radical (unpaired) electrons. The zero-order chi connectivity index (χ0) is 14.6. The smallest absolute Gasteiger partial charge is 0.0159 e. The van der Waals surface area contributed by atoms with Crippen molar-refractivity contribution in [2.75, 3.05) is 20.1 Å². The highest BCUT2D eigenvalue weighted by atomic mass is 15.1. The topological polar surface area (TPSA) is 15.3 Å². The molecule has 2 atom stereocenters. The molecule has 2 nitrogen and oxygen atoms in total. The van der Waals surface area contributed by atoms with E-state index in [-0.39, 0.29) is 0 Å². The normalized spacial score (nSPS) is 31.1. The molecule has 2 aliphatic rings. The molecule has 2 saturated carbocycles. The average Bonchev–Trinajstić information content (AvgIpc) is 2.91. The van der Waals surface area contributed by atoms with Gasteiger partial charge in [0.25, 0.3) is 0 Å². The highest BCUT2D eigenvalue weighted by Crippen LogP contribution is 2.39. The van der Waals surface area contributed by atoms with E-state index in [1.165, 1.54) is 64.5 Å². The largest absolute Gasteiger partial charge is 0.313 e. The summed E-state index contributed by atoms with van der Waals surface area (Å²) in [5.74, 6) is 0.843. The van der Waals surface area contributed by atoms with Crippen LogP contribution in [0.5, 0.6) is 0 Å². The molecular weight excluding hydrogens is 244 g/mol. The summed E-state index contributed by atoms with van der Waals surface area (Å²) in [5, 5.41) is 3.88. The molecule has 0 aromatic carbocycles. The fraction of sp³-hybridized carbons (Fsp3) is 1.00. The third kappa shape index (κ3) is 3.98. The van der Waals surface area contributed by atoms with E-state index in [0.717, 1.165) is 12.0 Å². The van der Waals surface area contributed by atoms with Gasteiger partial charge >= 0.3 is 0 Å². The molecule has 0 heterocycles. The minimum Gasteiger partial charge on any atom is -0.313 e. The van der Waals surface area contributed by atoms with Crippen LogP contribution in [-0.4, -0.2) is 37.1 Å². The lowest BCUT2D eigenvalue weighted by Gasteiger charge is -2.46. The monoisotopic (exact) mass is 280 g/mol. The predicted octanol–water partition coefficient (Wildman–Crippen LogP) is 4.06. The fourth-order valence-corrected chi connectivity index (χ4v) is 4.58. The minimum atomic E-state index is 0.467. The van der Waals surface area contributed by atoms with Gasteiger partial charge in [0.15, 0.2) is 0 Å². The molecule has 2 aliphatic carbocycles. The van der Waals surface area contributed by atoms with Crippen LogP contribution in [0.3, 0.4) is 0 Å². The number of hydrogen-bond acceptors (Lipinski definition) is 2. The second-order valence-corrected chi connectivity index (χ2v) is 7.95. The Hall–Kier alpha value is -0.0800. The van der Waals surface area contributed by atoms with Crippen molar-refractivity contribution in [1.82, 2.24) is 10.2 Å². The van der Waals surface area contributed by atoms with Crippen LogP contribution in [0.4, 0.5) is 0 Å². The number of nitrogens with one attached hydrogen (secondary N) is 1. The van der Waals surface area contributed by atoms with Gasteiger partial charge in [0, 0.05) is 18.6 Å². The Morgan fingerprint density at radius 2 is 1.80 bits per heavy atom. The van der Waals surface area contributed by atoms with Gasteiger partial charge in [0.1, 0.15) is 0 Å². The van der Waals surface area contributed by atoms with Crippen LogP contribution in [0.25, 0.3) is 0 Å². The maximum Gasteiger partial charge on any atom is 0.0159 e. The third-order valence-electron chi connectivity index (χ3n) is 5.79. The molecule has 2 heteroatoms. The van der Waals surface area contributed by atoms with E-state index in [2.05, 4.69) is 38.0 Å². The summed E-state index contributed by atoms with van der Waals surface area (Å²) in [6, 6.07) is 1.58. The quantitative estimate of drug-likeness (QED) is 0.789. The standard InChI is InChI=1S/C18H36N2/c1-5-13-19-17-15(9-8-12-18(17,2)3)14-20(4)16-10-6-7-11-16/h15-17,19H,5-14H2,1-4H3. The Morgan fingerprint density at radius 1 is 1.10 bits per heavy atom. The molecule has 2 unspecified atom stereocenters. The molecule has 0 aromatic heterocycles. The highest BCUT2D eigenvalue weighted by molar-refractivity contribution is 4.95. The summed E-state index contributed by atoms with van der Waals surface area (Å²) in [7, 11) is 2.37. The molecular formula is C18H36N2. The first-order valence-corrected chi connectivity index (χ1v) is 8.98. The summed E-state index contributed by atoms with van der Waals surface area (Å²) in [4.78, 5) is 2.68. The fourth-order valence-electron chi connectivity index (χ4n) is 4.58. The van der Waals surface area contributed by atoms with E-state index in [9.17, 15) is 0 Å². The first-order chi connectivity index (χ1) is 9.54. The van der Waals surface area contributed by atoms with E-state index >= 15 is 0 Å². The van der Waals surface area contributed by atoms with Crippen LogP contribution < -0.4 is 5.32 Å². The van der Waals surface area contributed by atoms with Crippen molar-refractivity contribution in [3.8, 4) is 0 Å². The lowest BCUT2D eigenvalue weighted by molar-refractivity contribution is 0.0749. The molecule has 0 aliphatic heterocycles. The van der Waals surface area contributed by atoms with Crippen molar-refractivity contribution >= 4 is 0 Å². The first kappa shape index (κ1) is 16.3. The molecule has 118 valence electrons. The minimum absolute atomic E-state index is 0.467. The maximum absolute atomic E-state index is 3.88. The van der Waals surface area contributed by atoms with Gasteiger partial charge in [0.2, 0.25) is 0 Å². The lowest BCUT2D eigenvalue weighted by Crippen LogP contribution is -2.53. The molecule has 2 rings (SSSR count).